The Labute approximate surface area is 222 Å². The van der Waals surface area contributed by atoms with Crippen LogP contribution in [-0.2, 0) is 11.3 Å². The van der Waals surface area contributed by atoms with E-state index in [9.17, 15) is 13.6 Å². The molecule has 14 heteroatoms. The summed E-state index contributed by atoms with van der Waals surface area (Å²) in [6.45, 7) is 8.33. The van der Waals surface area contributed by atoms with Crippen molar-refractivity contribution in [2.75, 3.05) is 31.1 Å². The summed E-state index contributed by atoms with van der Waals surface area (Å²) in [6.07, 6.45) is -1.40. The molecule has 1 aromatic carbocycles. The van der Waals surface area contributed by atoms with E-state index < -0.39 is 17.9 Å². The van der Waals surface area contributed by atoms with Gasteiger partial charge in [0.1, 0.15) is 11.4 Å². The number of rotatable bonds is 6. The molecular formula is C25H27F2N9O3. The number of carbonyl (C=O) groups is 1. The summed E-state index contributed by atoms with van der Waals surface area (Å²) >= 11 is 0. The molecule has 0 atom stereocenters. The van der Waals surface area contributed by atoms with Crippen molar-refractivity contribution < 1.29 is 22.7 Å². The molecule has 204 valence electrons. The van der Waals surface area contributed by atoms with Gasteiger partial charge in [-0.2, -0.15) is 8.78 Å². The highest BCUT2D eigenvalue weighted by atomic mass is 19.3. The third-order valence-electron chi connectivity index (χ3n) is 5.95. The monoisotopic (exact) mass is 539 g/mol. The first-order chi connectivity index (χ1) is 18.7. The van der Waals surface area contributed by atoms with Crippen molar-refractivity contribution in [2.24, 2.45) is 0 Å². The largest absolute Gasteiger partial charge is 0.444 e. The number of piperazine rings is 1. The van der Waals surface area contributed by atoms with Gasteiger partial charge in [-0.3, -0.25) is 0 Å². The van der Waals surface area contributed by atoms with E-state index in [2.05, 4.69) is 35.6 Å². The number of tetrazole rings is 1. The quantitative estimate of drug-likeness (QED) is 0.357. The number of anilines is 1. The van der Waals surface area contributed by atoms with Gasteiger partial charge in [0.15, 0.2) is 5.82 Å². The van der Waals surface area contributed by atoms with Gasteiger partial charge in [-0.25, -0.2) is 14.5 Å². The fraction of sp³-hybridized carbons (Fsp3) is 0.400. The molecule has 1 amide bonds. The first kappa shape index (κ1) is 26.1. The Morgan fingerprint density at radius 1 is 1.00 bits per heavy atom. The molecule has 5 rings (SSSR count). The molecule has 1 aliphatic rings. The highest BCUT2D eigenvalue weighted by Crippen LogP contribution is 2.25. The third-order valence-corrected chi connectivity index (χ3v) is 5.95. The second-order valence-corrected chi connectivity index (χ2v) is 9.96. The maximum atomic E-state index is 12.7. The van der Waals surface area contributed by atoms with Crippen LogP contribution in [0.2, 0.25) is 0 Å². The summed E-state index contributed by atoms with van der Waals surface area (Å²) < 4.78 is 37.5. The lowest BCUT2D eigenvalue weighted by Gasteiger charge is -2.36. The van der Waals surface area contributed by atoms with E-state index in [-0.39, 0.29) is 12.0 Å². The molecule has 4 heterocycles. The van der Waals surface area contributed by atoms with Gasteiger partial charge in [0.2, 0.25) is 5.89 Å². The fourth-order valence-corrected chi connectivity index (χ4v) is 4.03. The van der Waals surface area contributed by atoms with Crippen LogP contribution < -0.4 is 4.90 Å². The first-order valence-corrected chi connectivity index (χ1v) is 12.3. The zero-order chi connectivity index (χ0) is 27.6. The van der Waals surface area contributed by atoms with E-state index in [1.807, 2.05) is 45.0 Å². The van der Waals surface area contributed by atoms with Gasteiger partial charge in [0, 0.05) is 43.5 Å². The number of nitrogens with zero attached hydrogens (tertiary/aromatic N) is 9. The van der Waals surface area contributed by atoms with Gasteiger partial charge < -0.3 is 19.0 Å². The number of ether oxygens (including phenoxy) is 1. The van der Waals surface area contributed by atoms with E-state index >= 15 is 0 Å². The molecule has 12 nitrogen and oxygen atoms in total. The number of benzene rings is 1. The van der Waals surface area contributed by atoms with Crippen LogP contribution in [0.15, 0.2) is 47.0 Å². The summed E-state index contributed by atoms with van der Waals surface area (Å²) in [7, 11) is 0. The van der Waals surface area contributed by atoms with Gasteiger partial charge in [-0.1, -0.05) is 12.1 Å². The van der Waals surface area contributed by atoms with Crippen LogP contribution in [0.4, 0.5) is 19.4 Å². The normalized spacial score (nSPS) is 14.2. The zero-order valence-corrected chi connectivity index (χ0v) is 21.7. The molecule has 0 unspecified atom stereocenters. The zero-order valence-electron chi connectivity index (χ0n) is 21.7. The van der Waals surface area contributed by atoms with Crippen LogP contribution in [0.3, 0.4) is 0 Å². The smallest absolute Gasteiger partial charge is 0.410 e. The van der Waals surface area contributed by atoms with Gasteiger partial charge in [0.05, 0.1) is 6.54 Å². The van der Waals surface area contributed by atoms with Crippen LogP contribution in [0, 0.1) is 0 Å². The van der Waals surface area contributed by atoms with Crippen molar-refractivity contribution in [2.45, 2.75) is 39.3 Å². The van der Waals surface area contributed by atoms with E-state index in [0.717, 1.165) is 16.9 Å². The summed E-state index contributed by atoms with van der Waals surface area (Å²) in [6, 6.07) is 10.9. The number of alkyl halides is 2. The molecule has 0 N–H and O–H groups in total. The number of pyridine rings is 1. The highest BCUT2D eigenvalue weighted by Gasteiger charge is 2.26. The minimum atomic E-state index is -2.82. The first-order valence-electron chi connectivity index (χ1n) is 12.3. The van der Waals surface area contributed by atoms with E-state index in [1.54, 1.807) is 27.9 Å². The number of amides is 1. The van der Waals surface area contributed by atoms with Crippen LogP contribution in [0.1, 0.15) is 38.7 Å². The fourth-order valence-electron chi connectivity index (χ4n) is 4.03. The van der Waals surface area contributed by atoms with Crippen molar-refractivity contribution in [1.29, 1.82) is 0 Å². The molecule has 1 fully saturated rings. The number of halogens is 2. The van der Waals surface area contributed by atoms with Crippen molar-refractivity contribution >= 4 is 11.9 Å². The predicted octanol–water partition coefficient (Wildman–Crippen LogP) is 3.83. The Hall–Kier alpha value is -4.49. The lowest BCUT2D eigenvalue weighted by Crippen LogP contribution is -2.50. The Kier molecular flexibility index (Phi) is 7.17. The molecule has 4 aromatic rings. The van der Waals surface area contributed by atoms with Crippen LogP contribution in [0.25, 0.3) is 22.8 Å². The SMILES string of the molecule is CC(C)(C)OC(=O)N1CCN(c2ccc(-c3nnnn3Cc3ccc(-c4nnc(C(F)F)o4)cc3)cn2)CC1. The second kappa shape index (κ2) is 10.7. The van der Waals surface area contributed by atoms with Crippen LogP contribution >= 0.6 is 0 Å². The number of hydrogen-bond donors (Lipinski definition) is 0. The van der Waals surface area contributed by atoms with E-state index in [0.29, 0.717) is 44.1 Å². The van der Waals surface area contributed by atoms with E-state index in [4.69, 9.17) is 9.15 Å². The molecule has 1 saturated heterocycles. The molecule has 3 aromatic heterocycles. The molecule has 0 bridgehead atoms. The van der Waals surface area contributed by atoms with Crippen LogP contribution in [-0.4, -0.2) is 78.2 Å². The molecule has 1 aliphatic heterocycles. The predicted molar refractivity (Wildman–Crippen MR) is 135 cm³/mol. The number of hydrogen-bond acceptors (Lipinski definition) is 10. The van der Waals surface area contributed by atoms with Crippen molar-refractivity contribution in [1.82, 2.24) is 40.3 Å². The maximum absolute atomic E-state index is 12.7. The van der Waals surface area contributed by atoms with Crippen molar-refractivity contribution in [3.63, 3.8) is 0 Å². The molecule has 39 heavy (non-hydrogen) atoms. The lowest BCUT2D eigenvalue weighted by atomic mass is 10.1. The van der Waals surface area contributed by atoms with Crippen molar-refractivity contribution in [3.8, 4) is 22.8 Å². The molecule has 0 saturated carbocycles. The number of aromatic nitrogens is 7. The highest BCUT2D eigenvalue weighted by molar-refractivity contribution is 5.68. The van der Waals surface area contributed by atoms with Gasteiger partial charge in [-0.05, 0) is 61.0 Å². The standard InChI is InChI=1S/C25H27F2N9O3/c1-25(2,3)39-24(37)35-12-10-34(11-13-35)19-9-8-18(14-28-19)21-29-32-33-36(21)15-16-4-6-17(7-5-16)22-30-31-23(38-22)20(26)27/h4-9,14,20H,10-13,15H2,1-3H3. The minimum Gasteiger partial charge on any atom is -0.444 e. The topological polar surface area (TPSA) is 128 Å². The van der Waals surface area contributed by atoms with Crippen LogP contribution in [0.5, 0.6) is 0 Å². The minimum absolute atomic E-state index is 0.0254. The van der Waals surface area contributed by atoms with E-state index in [1.165, 1.54) is 0 Å². The lowest BCUT2D eigenvalue weighted by molar-refractivity contribution is 0.0240. The summed E-state index contributed by atoms with van der Waals surface area (Å²) in [5, 5.41) is 19.1. The van der Waals surface area contributed by atoms with Crippen molar-refractivity contribution in [3.05, 3.63) is 54.0 Å². The molecule has 0 spiro atoms. The van der Waals surface area contributed by atoms with Gasteiger partial charge in [0.25, 0.3) is 5.89 Å². The average molecular weight is 540 g/mol. The number of carbonyl (C=O) groups excluding carboxylic acids is 1. The molecule has 0 radical (unpaired) electrons. The second-order valence-electron chi connectivity index (χ2n) is 9.96. The Balaban J connectivity index is 1.21. The Morgan fingerprint density at radius 2 is 1.72 bits per heavy atom. The summed E-state index contributed by atoms with van der Waals surface area (Å²) in [5.41, 5.74) is 1.64. The maximum Gasteiger partial charge on any atom is 0.410 e. The molecular weight excluding hydrogens is 512 g/mol. The Morgan fingerprint density at radius 3 is 2.33 bits per heavy atom. The van der Waals surface area contributed by atoms with Gasteiger partial charge >= 0.3 is 12.5 Å². The third kappa shape index (κ3) is 6.16. The summed E-state index contributed by atoms with van der Waals surface area (Å²) in [4.78, 5) is 20.7. The average Bonchev–Trinajstić information content (AvgIpc) is 3.59. The molecule has 0 aliphatic carbocycles. The summed E-state index contributed by atoms with van der Waals surface area (Å²) in [5.74, 6) is 0.659. The Bertz CT molecular complexity index is 1410. The van der Waals surface area contributed by atoms with Gasteiger partial charge in [-0.15, -0.1) is 15.3 Å².